The van der Waals surface area contributed by atoms with E-state index in [-0.39, 0.29) is 10.9 Å². The SMILES string of the molecule is NC(=O)c1nc2c(OCF)ncc(N3CCOCC3)c2s1. The number of carbonyl (C=O) groups excluding carboxylic acids is 1. The van der Waals surface area contributed by atoms with Crippen molar-refractivity contribution >= 4 is 33.1 Å². The molecule has 1 aliphatic heterocycles. The number of halogens is 1. The van der Waals surface area contributed by atoms with Gasteiger partial charge in [-0.25, -0.2) is 14.4 Å². The lowest BCUT2D eigenvalue weighted by Gasteiger charge is -2.28. The van der Waals surface area contributed by atoms with Gasteiger partial charge in [-0.1, -0.05) is 0 Å². The Labute approximate surface area is 123 Å². The number of amides is 1. The van der Waals surface area contributed by atoms with Gasteiger partial charge in [-0.3, -0.25) is 4.79 Å². The quantitative estimate of drug-likeness (QED) is 0.903. The van der Waals surface area contributed by atoms with E-state index in [9.17, 15) is 9.18 Å². The number of morpholine rings is 1. The molecular formula is C12H13FN4O3S. The summed E-state index contributed by atoms with van der Waals surface area (Å²) >= 11 is 1.16. The van der Waals surface area contributed by atoms with Crippen LogP contribution in [0.15, 0.2) is 6.20 Å². The maximum Gasteiger partial charge on any atom is 0.277 e. The summed E-state index contributed by atoms with van der Waals surface area (Å²) in [6.07, 6.45) is 1.60. The molecule has 0 aliphatic carbocycles. The summed E-state index contributed by atoms with van der Waals surface area (Å²) in [6, 6.07) is 0. The summed E-state index contributed by atoms with van der Waals surface area (Å²) in [5.41, 5.74) is 6.45. The number of thiazole rings is 1. The van der Waals surface area contributed by atoms with Crippen LogP contribution < -0.4 is 15.4 Å². The molecule has 0 radical (unpaired) electrons. The molecule has 0 saturated carbocycles. The molecule has 1 aliphatic rings. The lowest BCUT2D eigenvalue weighted by atomic mass is 10.3. The summed E-state index contributed by atoms with van der Waals surface area (Å²) < 4.78 is 23.3. The molecule has 2 aromatic rings. The van der Waals surface area contributed by atoms with Crippen LogP contribution in [-0.4, -0.2) is 49.0 Å². The summed E-state index contributed by atoms with van der Waals surface area (Å²) in [5.74, 6) is -0.566. The highest BCUT2D eigenvalue weighted by Crippen LogP contribution is 2.36. The second-order valence-corrected chi connectivity index (χ2v) is 5.36. The molecule has 112 valence electrons. The minimum atomic E-state index is -1.01. The van der Waals surface area contributed by atoms with E-state index in [0.29, 0.717) is 36.5 Å². The van der Waals surface area contributed by atoms with Crippen LogP contribution >= 0.6 is 11.3 Å². The van der Waals surface area contributed by atoms with Gasteiger partial charge < -0.3 is 20.1 Å². The number of hydrogen-bond acceptors (Lipinski definition) is 7. The molecule has 3 rings (SSSR count). The van der Waals surface area contributed by atoms with Gasteiger partial charge in [0.15, 0.2) is 5.01 Å². The van der Waals surface area contributed by atoms with Gasteiger partial charge in [0.2, 0.25) is 12.7 Å². The number of carbonyl (C=O) groups is 1. The Hall–Kier alpha value is -2.00. The molecule has 0 unspecified atom stereocenters. The van der Waals surface area contributed by atoms with Crippen LogP contribution in [0, 0.1) is 0 Å². The molecular weight excluding hydrogens is 299 g/mol. The number of nitrogens with two attached hydrogens (primary N) is 1. The normalized spacial score (nSPS) is 15.4. The van der Waals surface area contributed by atoms with Crippen molar-refractivity contribution in [2.75, 3.05) is 38.1 Å². The van der Waals surface area contributed by atoms with Crippen molar-refractivity contribution in [3.05, 3.63) is 11.2 Å². The Morgan fingerprint density at radius 3 is 2.95 bits per heavy atom. The van der Waals surface area contributed by atoms with E-state index in [1.165, 1.54) is 0 Å². The van der Waals surface area contributed by atoms with E-state index >= 15 is 0 Å². The molecule has 3 heterocycles. The largest absolute Gasteiger partial charge is 0.444 e. The smallest absolute Gasteiger partial charge is 0.277 e. The molecule has 21 heavy (non-hydrogen) atoms. The lowest BCUT2D eigenvalue weighted by molar-refractivity contribution is 0.1000. The highest BCUT2D eigenvalue weighted by molar-refractivity contribution is 7.21. The van der Waals surface area contributed by atoms with Gasteiger partial charge in [0.25, 0.3) is 5.91 Å². The number of fused-ring (bicyclic) bond motifs is 1. The third kappa shape index (κ3) is 2.61. The van der Waals surface area contributed by atoms with Crippen molar-refractivity contribution in [3.8, 4) is 5.88 Å². The van der Waals surface area contributed by atoms with E-state index < -0.39 is 12.8 Å². The molecule has 1 saturated heterocycles. The van der Waals surface area contributed by atoms with Gasteiger partial charge in [0.05, 0.1) is 29.8 Å². The van der Waals surface area contributed by atoms with Crippen molar-refractivity contribution < 1.29 is 18.7 Å². The molecule has 0 bridgehead atoms. The maximum absolute atomic E-state index is 12.4. The number of nitrogens with zero attached hydrogens (tertiary/aromatic N) is 3. The predicted molar refractivity (Wildman–Crippen MR) is 75.6 cm³/mol. The number of ether oxygens (including phenoxy) is 2. The van der Waals surface area contributed by atoms with Crippen LogP contribution in [0.5, 0.6) is 5.88 Å². The average molecular weight is 312 g/mol. The van der Waals surface area contributed by atoms with Crippen molar-refractivity contribution in [1.82, 2.24) is 9.97 Å². The maximum atomic E-state index is 12.4. The van der Waals surface area contributed by atoms with Gasteiger partial charge in [-0.15, -0.1) is 11.3 Å². The van der Waals surface area contributed by atoms with Crippen molar-refractivity contribution in [3.63, 3.8) is 0 Å². The molecule has 9 heteroatoms. The Morgan fingerprint density at radius 2 is 2.29 bits per heavy atom. The topological polar surface area (TPSA) is 90.6 Å². The van der Waals surface area contributed by atoms with Crippen LogP contribution in [0.2, 0.25) is 0 Å². The Morgan fingerprint density at radius 1 is 1.52 bits per heavy atom. The van der Waals surface area contributed by atoms with E-state index in [0.717, 1.165) is 17.0 Å². The van der Waals surface area contributed by atoms with Crippen LogP contribution in [-0.2, 0) is 4.74 Å². The molecule has 2 N–H and O–H groups in total. The van der Waals surface area contributed by atoms with E-state index in [2.05, 4.69) is 14.9 Å². The Kier molecular flexibility index (Phi) is 3.84. The highest BCUT2D eigenvalue weighted by atomic mass is 32.1. The summed E-state index contributed by atoms with van der Waals surface area (Å²) in [7, 11) is 0. The first-order chi connectivity index (χ1) is 10.2. The zero-order valence-electron chi connectivity index (χ0n) is 11.0. The number of hydrogen-bond donors (Lipinski definition) is 1. The Balaban J connectivity index is 2.11. The van der Waals surface area contributed by atoms with E-state index in [4.69, 9.17) is 15.2 Å². The monoisotopic (exact) mass is 312 g/mol. The van der Waals surface area contributed by atoms with Gasteiger partial charge in [-0.2, -0.15) is 0 Å². The predicted octanol–water partition coefficient (Wildman–Crippen LogP) is 0.933. The zero-order valence-corrected chi connectivity index (χ0v) is 11.9. The van der Waals surface area contributed by atoms with Gasteiger partial charge >= 0.3 is 0 Å². The molecule has 1 amide bonds. The number of rotatable bonds is 4. The molecule has 0 atom stereocenters. The number of aromatic nitrogens is 2. The first-order valence-electron chi connectivity index (χ1n) is 6.31. The minimum Gasteiger partial charge on any atom is -0.444 e. The number of alkyl halides is 1. The van der Waals surface area contributed by atoms with Crippen LogP contribution in [0.1, 0.15) is 9.80 Å². The molecule has 2 aromatic heterocycles. The Bertz CT molecular complexity index is 672. The standard InChI is InChI=1S/C12H13FN4O3S/c13-6-20-11-8-9(21-12(16-8)10(14)18)7(5-15-11)17-1-3-19-4-2-17/h5H,1-4,6H2,(H2,14,18). The molecule has 7 nitrogen and oxygen atoms in total. The van der Waals surface area contributed by atoms with Crippen molar-refractivity contribution in [2.24, 2.45) is 5.73 Å². The number of anilines is 1. The van der Waals surface area contributed by atoms with Gasteiger partial charge in [-0.05, 0) is 0 Å². The van der Waals surface area contributed by atoms with Crippen LogP contribution in [0.4, 0.5) is 10.1 Å². The van der Waals surface area contributed by atoms with Crippen molar-refractivity contribution in [1.29, 1.82) is 0 Å². The fraction of sp³-hybridized carbons (Fsp3) is 0.417. The highest BCUT2D eigenvalue weighted by Gasteiger charge is 2.21. The lowest BCUT2D eigenvalue weighted by Crippen LogP contribution is -2.36. The molecule has 0 spiro atoms. The number of primary amides is 1. The van der Waals surface area contributed by atoms with E-state index in [1.54, 1.807) is 6.20 Å². The minimum absolute atomic E-state index is 0.0632. The molecule has 1 fully saturated rings. The van der Waals surface area contributed by atoms with Crippen molar-refractivity contribution in [2.45, 2.75) is 0 Å². The third-order valence-electron chi connectivity index (χ3n) is 3.12. The number of pyridine rings is 1. The van der Waals surface area contributed by atoms with E-state index in [1.807, 2.05) is 0 Å². The fourth-order valence-corrected chi connectivity index (χ4v) is 3.12. The van der Waals surface area contributed by atoms with Gasteiger partial charge in [0, 0.05) is 13.1 Å². The first kappa shape index (κ1) is 14.0. The summed E-state index contributed by atoms with van der Waals surface area (Å²) in [4.78, 5) is 21.6. The van der Waals surface area contributed by atoms with Gasteiger partial charge in [0.1, 0.15) is 5.52 Å². The zero-order chi connectivity index (χ0) is 14.8. The van der Waals surface area contributed by atoms with Crippen LogP contribution in [0.3, 0.4) is 0 Å². The molecule has 0 aromatic carbocycles. The average Bonchev–Trinajstić information content (AvgIpc) is 2.94. The third-order valence-corrected chi connectivity index (χ3v) is 4.21. The second-order valence-electron chi connectivity index (χ2n) is 4.36. The summed E-state index contributed by atoms with van der Waals surface area (Å²) in [6.45, 7) is 1.65. The fourth-order valence-electron chi connectivity index (χ4n) is 2.17. The van der Waals surface area contributed by atoms with Crippen LogP contribution in [0.25, 0.3) is 10.2 Å². The second kappa shape index (κ2) is 5.78. The summed E-state index contributed by atoms with van der Waals surface area (Å²) in [5, 5.41) is 0.149. The first-order valence-corrected chi connectivity index (χ1v) is 7.13.